The Hall–Kier alpha value is -3.74. The van der Waals surface area contributed by atoms with Gasteiger partial charge >= 0.3 is 6.01 Å². The quantitative estimate of drug-likeness (QED) is 0.575. The minimum Gasteiger partial charge on any atom is -0.493 e. The Morgan fingerprint density at radius 2 is 1.93 bits per heavy atom. The Kier molecular flexibility index (Phi) is 3.79. The first kappa shape index (κ1) is 16.4. The smallest absolute Gasteiger partial charge is 0.325 e. The number of ether oxygens (including phenoxy) is 1. The molecule has 0 saturated heterocycles. The van der Waals surface area contributed by atoms with Gasteiger partial charge in [-0.25, -0.2) is 4.39 Å². The molecule has 0 bridgehead atoms. The van der Waals surface area contributed by atoms with Crippen LogP contribution in [-0.4, -0.2) is 26.6 Å². The van der Waals surface area contributed by atoms with Crippen LogP contribution in [0.25, 0.3) is 10.9 Å². The van der Waals surface area contributed by atoms with Crippen molar-refractivity contribution in [3.05, 3.63) is 72.3 Å². The Morgan fingerprint density at radius 1 is 1.04 bits per heavy atom. The van der Waals surface area contributed by atoms with Crippen molar-refractivity contribution in [1.82, 2.24) is 15.0 Å². The Bertz CT molecular complexity index is 1200. The number of halogens is 1. The number of anilines is 2. The van der Waals surface area contributed by atoms with Gasteiger partial charge in [-0.3, -0.25) is 4.98 Å². The third-order valence-corrected chi connectivity index (χ3v) is 4.76. The van der Waals surface area contributed by atoms with Crippen molar-refractivity contribution in [3.63, 3.8) is 0 Å². The van der Waals surface area contributed by atoms with E-state index in [2.05, 4.69) is 15.0 Å². The molecule has 5 rings (SSSR count). The Balaban J connectivity index is 1.45. The van der Waals surface area contributed by atoms with Crippen molar-refractivity contribution in [2.24, 2.45) is 0 Å². The zero-order chi connectivity index (χ0) is 19.1. The van der Waals surface area contributed by atoms with E-state index in [-0.39, 0.29) is 17.7 Å². The van der Waals surface area contributed by atoms with E-state index in [0.717, 1.165) is 17.7 Å². The third kappa shape index (κ3) is 2.77. The largest absolute Gasteiger partial charge is 0.493 e. The summed E-state index contributed by atoms with van der Waals surface area (Å²) in [6.45, 7) is 0.693. The summed E-state index contributed by atoms with van der Waals surface area (Å²) in [5.74, 6) is 0.149. The minimum absolute atomic E-state index is 0.0434. The van der Waals surface area contributed by atoms with E-state index in [1.54, 1.807) is 36.7 Å². The lowest BCUT2D eigenvalue weighted by atomic mass is 10.1. The molecule has 28 heavy (non-hydrogen) atoms. The number of hydrogen-bond acceptors (Lipinski definition) is 6. The molecule has 1 N–H and O–H groups in total. The van der Waals surface area contributed by atoms with Crippen LogP contribution in [0.15, 0.2) is 60.9 Å². The maximum absolute atomic E-state index is 14.2. The number of nitrogens with zero attached hydrogens (tertiary/aromatic N) is 4. The van der Waals surface area contributed by atoms with Crippen LogP contribution in [0.4, 0.5) is 15.8 Å². The molecule has 2 aromatic carbocycles. The summed E-state index contributed by atoms with van der Waals surface area (Å²) in [6.07, 6.45) is 3.88. The second kappa shape index (κ2) is 6.45. The van der Waals surface area contributed by atoms with Gasteiger partial charge < -0.3 is 14.7 Å². The van der Waals surface area contributed by atoms with Crippen LogP contribution >= 0.6 is 0 Å². The number of aromatic nitrogens is 3. The maximum atomic E-state index is 14.2. The van der Waals surface area contributed by atoms with Gasteiger partial charge in [0.15, 0.2) is 0 Å². The topological polar surface area (TPSA) is 71.4 Å². The summed E-state index contributed by atoms with van der Waals surface area (Å²) in [7, 11) is 0. The molecule has 2 aromatic heterocycles. The Labute approximate surface area is 159 Å². The summed E-state index contributed by atoms with van der Waals surface area (Å²) in [4.78, 5) is 14.2. The van der Waals surface area contributed by atoms with Crippen molar-refractivity contribution in [2.45, 2.75) is 6.42 Å². The highest BCUT2D eigenvalue weighted by Crippen LogP contribution is 2.38. The van der Waals surface area contributed by atoms with Gasteiger partial charge in [0.25, 0.3) is 0 Å². The number of aromatic hydroxyl groups is 1. The third-order valence-electron chi connectivity index (χ3n) is 4.76. The molecule has 1 aliphatic heterocycles. The molecule has 0 atom stereocenters. The van der Waals surface area contributed by atoms with E-state index in [9.17, 15) is 9.50 Å². The summed E-state index contributed by atoms with van der Waals surface area (Å²) in [5, 5.41) is 10.6. The lowest BCUT2D eigenvalue weighted by molar-refractivity contribution is 0.412. The van der Waals surface area contributed by atoms with Crippen molar-refractivity contribution in [3.8, 4) is 17.6 Å². The van der Waals surface area contributed by atoms with Gasteiger partial charge in [0.2, 0.25) is 5.88 Å². The van der Waals surface area contributed by atoms with Crippen LogP contribution < -0.4 is 9.64 Å². The van der Waals surface area contributed by atoms with Crippen LogP contribution in [0.2, 0.25) is 0 Å². The SMILES string of the molecule is Oc1nc(Oc2ccc3c(c2)CCN3c2ccccc2F)nc2cnccc12. The first-order chi connectivity index (χ1) is 13.7. The van der Waals surface area contributed by atoms with E-state index in [4.69, 9.17) is 4.74 Å². The molecule has 0 amide bonds. The van der Waals surface area contributed by atoms with Crippen molar-refractivity contribution in [1.29, 1.82) is 0 Å². The fourth-order valence-corrected chi connectivity index (χ4v) is 3.46. The standard InChI is InChI=1S/C21H15FN4O2/c22-16-3-1-2-4-19(16)26-10-8-13-11-14(5-6-18(13)26)28-21-24-17-12-23-9-7-15(17)20(27)25-21/h1-7,9,11-12H,8,10H2,(H,24,25,27). The summed E-state index contributed by atoms with van der Waals surface area (Å²) in [6, 6.07) is 14.0. The molecule has 0 unspecified atom stereocenters. The predicted octanol–water partition coefficient (Wildman–Crippen LogP) is 4.36. The number of pyridine rings is 1. The normalized spacial score (nSPS) is 13.0. The monoisotopic (exact) mass is 374 g/mol. The average molecular weight is 374 g/mol. The van der Waals surface area contributed by atoms with E-state index in [1.807, 2.05) is 23.1 Å². The van der Waals surface area contributed by atoms with Gasteiger partial charge in [0.1, 0.15) is 11.6 Å². The Morgan fingerprint density at radius 3 is 2.82 bits per heavy atom. The molecule has 0 aliphatic carbocycles. The molecule has 6 nitrogen and oxygen atoms in total. The highest BCUT2D eigenvalue weighted by molar-refractivity contribution is 5.82. The molecule has 0 fully saturated rings. The fraction of sp³-hybridized carbons (Fsp3) is 0.0952. The van der Waals surface area contributed by atoms with Gasteiger partial charge in [-0.2, -0.15) is 9.97 Å². The van der Waals surface area contributed by atoms with Crippen LogP contribution in [-0.2, 0) is 6.42 Å². The molecular formula is C21H15FN4O2. The maximum Gasteiger partial charge on any atom is 0.325 e. The van der Waals surface area contributed by atoms with E-state index < -0.39 is 0 Å². The van der Waals surface area contributed by atoms with E-state index in [0.29, 0.717) is 28.9 Å². The molecule has 0 spiro atoms. The number of fused-ring (bicyclic) bond motifs is 2. The van der Waals surface area contributed by atoms with Crippen molar-refractivity contribution in [2.75, 3.05) is 11.4 Å². The lowest BCUT2D eigenvalue weighted by Gasteiger charge is -2.20. The van der Waals surface area contributed by atoms with Crippen LogP contribution in [0, 0.1) is 5.82 Å². The fourth-order valence-electron chi connectivity index (χ4n) is 3.46. The van der Waals surface area contributed by atoms with Gasteiger partial charge in [0.05, 0.1) is 22.8 Å². The highest BCUT2D eigenvalue weighted by atomic mass is 19.1. The zero-order valence-electron chi connectivity index (χ0n) is 14.7. The molecule has 0 saturated carbocycles. The van der Waals surface area contributed by atoms with Crippen LogP contribution in [0.5, 0.6) is 17.6 Å². The van der Waals surface area contributed by atoms with Gasteiger partial charge in [-0.1, -0.05) is 12.1 Å². The lowest BCUT2D eigenvalue weighted by Crippen LogP contribution is -2.14. The molecule has 7 heteroatoms. The molecule has 0 radical (unpaired) electrons. The molecule has 138 valence electrons. The van der Waals surface area contributed by atoms with Gasteiger partial charge in [0, 0.05) is 18.4 Å². The van der Waals surface area contributed by atoms with Crippen molar-refractivity contribution >= 4 is 22.3 Å². The number of benzene rings is 2. The summed E-state index contributed by atoms with van der Waals surface area (Å²) in [5.41, 5.74) is 3.05. The predicted molar refractivity (Wildman–Crippen MR) is 103 cm³/mol. The second-order valence-electron chi connectivity index (χ2n) is 6.47. The van der Waals surface area contributed by atoms with Crippen molar-refractivity contribution < 1.29 is 14.2 Å². The highest BCUT2D eigenvalue weighted by Gasteiger charge is 2.23. The van der Waals surface area contributed by atoms with Gasteiger partial charge in [-0.05, 0) is 48.4 Å². The zero-order valence-corrected chi connectivity index (χ0v) is 14.7. The first-order valence-corrected chi connectivity index (χ1v) is 8.82. The molecule has 3 heterocycles. The van der Waals surface area contributed by atoms with Gasteiger partial charge in [-0.15, -0.1) is 0 Å². The van der Waals surface area contributed by atoms with E-state index >= 15 is 0 Å². The number of rotatable bonds is 3. The minimum atomic E-state index is -0.246. The number of para-hydroxylation sites is 1. The number of hydrogen-bond donors (Lipinski definition) is 1. The average Bonchev–Trinajstić information content (AvgIpc) is 3.11. The second-order valence-corrected chi connectivity index (χ2v) is 6.47. The summed E-state index contributed by atoms with van der Waals surface area (Å²) >= 11 is 0. The van der Waals surface area contributed by atoms with Crippen LogP contribution in [0.3, 0.4) is 0 Å². The summed E-state index contributed by atoms with van der Waals surface area (Å²) < 4.78 is 19.9. The molecule has 4 aromatic rings. The molecule has 1 aliphatic rings. The first-order valence-electron chi connectivity index (χ1n) is 8.82. The van der Waals surface area contributed by atoms with Crippen LogP contribution in [0.1, 0.15) is 5.56 Å². The van der Waals surface area contributed by atoms with E-state index in [1.165, 1.54) is 6.07 Å². The molecular weight excluding hydrogens is 359 g/mol.